The van der Waals surface area contributed by atoms with Gasteiger partial charge in [-0.25, -0.2) is 8.42 Å². The normalized spacial score (nSPS) is 29.6. The first-order valence-corrected chi connectivity index (χ1v) is 7.16. The molecule has 0 radical (unpaired) electrons. The Morgan fingerprint density at radius 2 is 2.07 bits per heavy atom. The van der Waals surface area contributed by atoms with Crippen LogP contribution in [0.25, 0.3) is 0 Å². The van der Waals surface area contributed by atoms with Gasteiger partial charge in [0.15, 0.2) is 0 Å². The van der Waals surface area contributed by atoms with Crippen molar-refractivity contribution in [2.45, 2.75) is 11.0 Å². The number of thioether (sulfide) groups is 1. The number of nitrogens with zero attached hydrogens (tertiary/aromatic N) is 1. The minimum atomic E-state index is -3.07. The smallest absolute Gasteiger partial charge is 0.227 e. The van der Waals surface area contributed by atoms with Gasteiger partial charge >= 0.3 is 0 Å². The lowest BCUT2D eigenvalue weighted by Gasteiger charge is -2.28. The first-order valence-electron chi connectivity index (χ1n) is 4.71. The third-order valence-electron chi connectivity index (χ3n) is 2.42. The van der Waals surface area contributed by atoms with Crippen LogP contribution in [0.5, 0.6) is 0 Å². The lowest BCUT2D eigenvalue weighted by atomic mass is 10.4. The van der Waals surface area contributed by atoms with Crippen LogP contribution in [0.15, 0.2) is 11.5 Å². The van der Waals surface area contributed by atoms with E-state index in [1.165, 1.54) is 11.8 Å². The molecule has 1 unspecified atom stereocenters. The largest absolute Gasteiger partial charge is 0.314 e. The van der Waals surface area contributed by atoms with Crippen LogP contribution in [-0.2, 0) is 10.0 Å². The molecule has 0 saturated carbocycles. The van der Waals surface area contributed by atoms with Crippen LogP contribution in [0, 0.1) is 0 Å². The molecule has 14 heavy (non-hydrogen) atoms. The molecule has 2 rings (SSSR count). The molecule has 2 aliphatic heterocycles. The number of hydrogen-bond acceptors (Lipinski definition) is 4. The van der Waals surface area contributed by atoms with Crippen molar-refractivity contribution in [3.8, 4) is 0 Å². The van der Waals surface area contributed by atoms with Gasteiger partial charge in [-0.2, -0.15) is 4.31 Å². The number of nitrogens with one attached hydrogen (secondary N) is 1. The standard InChI is InChI=1S/C8H14N2O2S2/c11-14(12,8-2-1-7-13-8)10-5-3-9-4-6-10/h1,7-9H,2-6H2. The van der Waals surface area contributed by atoms with Gasteiger partial charge in [-0.05, 0) is 11.8 Å². The summed E-state index contributed by atoms with van der Waals surface area (Å²) < 4.78 is 25.4. The van der Waals surface area contributed by atoms with Crippen LogP contribution in [0.2, 0.25) is 0 Å². The van der Waals surface area contributed by atoms with Gasteiger partial charge in [0.1, 0.15) is 4.58 Å². The predicted molar refractivity (Wildman–Crippen MR) is 58.5 cm³/mol. The van der Waals surface area contributed by atoms with Gasteiger partial charge in [0.2, 0.25) is 10.0 Å². The molecule has 80 valence electrons. The molecule has 0 aromatic heterocycles. The molecule has 2 heterocycles. The number of hydrogen-bond donors (Lipinski definition) is 1. The van der Waals surface area contributed by atoms with E-state index in [9.17, 15) is 8.42 Å². The average molecular weight is 234 g/mol. The van der Waals surface area contributed by atoms with Crippen molar-refractivity contribution in [2.24, 2.45) is 0 Å². The fourth-order valence-corrected chi connectivity index (χ4v) is 4.74. The van der Waals surface area contributed by atoms with Gasteiger partial charge in [-0.1, -0.05) is 6.08 Å². The van der Waals surface area contributed by atoms with Crippen LogP contribution in [0.3, 0.4) is 0 Å². The fraction of sp³-hybridized carbons (Fsp3) is 0.750. The Hall–Kier alpha value is -0.0400. The maximum Gasteiger partial charge on any atom is 0.227 e. The molecule has 2 aliphatic rings. The number of allylic oxidation sites excluding steroid dienone is 1. The summed E-state index contributed by atoms with van der Waals surface area (Å²) in [6, 6.07) is 0. The van der Waals surface area contributed by atoms with Crippen molar-refractivity contribution < 1.29 is 8.42 Å². The monoisotopic (exact) mass is 234 g/mol. The van der Waals surface area contributed by atoms with Crippen LogP contribution >= 0.6 is 11.8 Å². The van der Waals surface area contributed by atoms with Crippen molar-refractivity contribution in [3.05, 3.63) is 11.5 Å². The molecular weight excluding hydrogens is 220 g/mol. The maximum absolute atomic E-state index is 12.0. The summed E-state index contributed by atoms with van der Waals surface area (Å²) in [7, 11) is -3.07. The molecule has 0 amide bonds. The van der Waals surface area contributed by atoms with Gasteiger partial charge < -0.3 is 5.32 Å². The highest BCUT2D eigenvalue weighted by molar-refractivity contribution is 8.14. The maximum atomic E-state index is 12.0. The SMILES string of the molecule is O=S(=O)(C1CC=CS1)N1CCNCC1. The number of sulfonamides is 1. The molecule has 0 spiro atoms. The summed E-state index contributed by atoms with van der Waals surface area (Å²) in [6.45, 7) is 2.76. The van der Waals surface area contributed by atoms with E-state index in [2.05, 4.69) is 5.32 Å². The van der Waals surface area contributed by atoms with Gasteiger partial charge in [0, 0.05) is 26.2 Å². The molecule has 0 aromatic carbocycles. The third-order valence-corrected chi connectivity index (χ3v) is 6.27. The highest BCUT2D eigenvalue weighted by Crippen LogP contribution is 2.30. The van der Waals surface area contributed by atoms with Gasteiger partial charge in [-0.3, -0.25) is 0 Å². The van der Waals surface area contributed by atoms with Gasteiger partial charge in [-0.15, -0.1) is 11.8 Å². The van der Waals surface area contributed by atoms with Crippen LogP contribution in [0.4, 0.5) is 0 Å². The second kappa shape index (κ2) is 4.22. The number of rotatable bonds is 2. The quantitative estimate of drug-likeness (QED) is 0.741. The second-order valence-electron chi connectivity index (χ2n) is 3.37. The second-order valence-corrected chi connectivity index (χ2v) is 6.89. The third kappa shape index (κ3) is 1.98. The summed E-state index contributed by atoms with van der Waals surface area (Å²) in [5.41, 5.74) is 0. The zero-order valence-corrected chi connectivity index (χ0v) is 9.48. The van der Waals surface area contributed by atoms with Crippen LogP contribution < -0.4 is 5.32 Å². The Bertz CT molecular complexity index is 312. The van der Waals surface area contributed by atoms with Crippen LogP contribution in [-0.4, -0.2) is 43.5 Å². The zero-order chi connectivity index (χ0) is 10.0. The van der Waals surface area contributed by atoms with E-state index in [4.69, 9.17) is 0 Å². The average Bonchev–Trinajstić information content (AvgIpc) is 2.72. The predicted octanol–water partition coefficient (Wildman–Crippen LogP) is 0.198. The first-order chi connectivity index (χ1) is 6.71. The van der Waals surface area contributed by atoms with Crippen molar-refractivity contribution in [1.82, 2.24) is 9.62 Å². The Kier molecular flexibility index (Phi) is 3.16. The van der Waals surface area contributed by atoms with Gasteiger partial charge in [0.05, 0.1) is 0 Å². The summed E-state index contributed by atoms with van der Waals surface area (Å²) in [6.07, 6.45) is 2.58. The van der Waals surface area contributed by atoms with Crippen LogP contribution in [0.1, 0.15) is 6.42 Å². The molecule has 0 aliphatic carbocycles. The van der Waals surface area contributed by atoms with Crippen molar-refractivity contribution in [3.63, 3.8) is 0 Å². The topological polar surface area (TPSA) is 49.4 Å². The van der Waals surface area contributed by atoms with Gasteiger partial charge in [0.25, 0.3) is 0 Å². The molecular formula is C8H14N2O2S2. The highest BCUT2D eigenvalue weighted by Gasteiger charge is 2.33. The molecule has 1 fully saturated rings. The van der Waals surface area contributed by atoms with Crippen molar-refractivity contribution in [2.75, 3.05) is 26.2 Å². The molecule has 1 saturated heterocycles. The fourth-order valence-electron chi connectivity index (χ4n) is 1.62. The lowest BCUT2D eigenvalue weighted by Crippen LogP contribution is -2.48. The zero-order valence-electron chi connectivity index (χ0n) is 7.85. The number of piperazine rings is 1. The molecule has 1 N–H and O–H groups in total. The molecule has 0 bridgehead atoms. The minimum absolute atomic E-state index is 0.277. The van der Waals surface area contributed by atoms with E-state index in [0.717, 1.165) is 13.1 Å². The summed E-state index contributed by atoms with van der Waals surface area (Å²) in [4.78, 5) is 0. The Morgan fingerprint density at radius 1 is 1.36 bits per heavy atom. The Balaban J connectivity index is 2.06. The van der Waals surface area contributed by atoms with Crippen molar-refractivity contribution in [1.29, 1.82) is 0 Å². The van der Waals surface area contributed by atoms with E-state index in [0.29, 0.717) is 19.5 Å². The summed E-state index contributed by atoms with van der Waals surface area (Å²) in [5, 5.41) is 5.03. The van der Waals surface area contributed by atoms with E-state index >= 15 is 0 Å². The molecule has 1 atom stereocenters. The Labute approximate surface area is 88.8 Å². The Morgan fingerprint density at radius 3 is 2.64 bits per heavy atom. The van der Waals surface area contributed by atoms with E-state index in [1.807, 2.05) is 11.5 Å². The molecule has 6 heteroatoms. The lowest BCUT2D eigenvalue weighted by molar-refractivity contribution is 0.359. The van der Waals surface area contributed by atoms with E-state index < -0.39 is 10.0 Å². The van der Waals surface area contributed by atoms with E-state index in [-0.39, 0.29) is 4.58 Å². The summed E-state index contributed by atoms with van der Waals surface area (Å²) >= 11 is 1.41. The summed E-state index contributed by atoms with van der Waals surface area (Å²) in [5.74, 6) is 0. The minimum Gasteiger partial charge on any atom is -0.314 e. The molecule has 0 aromatic rings. The first kappa shape index (κ1) is 10.5. The molecule has 4 nitrogen and oxygen atoms in total. The van der Waals surface area contributed by atoms with E-state index in [1.54, 1.807) is 4.31 Å². The van der Waals surface area contributed by atoms with Crippen molar-refractivity contribution >= 4 is 21.8 Å². The highest BCUT2D eigenvalue weighted by atomic mass is 32.3.